The predicted octanol–water partition coefficient (Wildman–Crippen LogP) is 3.33. The number of fused-ring (bicyclic) bond motifs is 1. The number of hydrogen-bond acceptors (Lipinski definition) is 5. The van der Waals surface area contributed by atoms with E-state index in [9.17, 15) is 19.5 Å². The van der Waals surface area contributed by atoms with E-state index in [0.717, 1.165) is 38.5 Å². The summed E-state index contributed by atoms with van der Waals surface area (Å²) in [5, 5.41) is 16.5. The van der Waals surface area contributed by atoms with E-state index in [1.165, 1.54) is 6.42 Å². The van der Waals surface area contributed by atoms with Crippen molar-refractivity contribution in [2.45, 2.75) is 92.8 Å². The third-order valence-corrected chi connectivity index (χ3v) is 10.8. The summed E-state index contributed by atoms with van der Waals surface area (Å²) in [4.78, 5) is 43.3. The molecule has 3 N–H and O–H groups in total. The maximum absolute atomic E-state index is 14.1. The summed E-state index contributed by atoms with van der Waals surface area (Å²) in [6.07, 6.45) is 7.40. The molecule has 1 aromatic carbocycles. The lowest BCUT2D eigenvalue weighted by atomic mass is 9.66. The molecule has 0 radical (unpaired) electrons. The molecule has 5 rings (SSSR count). The number of thioether (sulfide) groups is 1. The van der Waals surface area contributed by atoms with Crippen LogP contribution in [0.5, 0.6) is 0 Å². The van der Waals surface area contributed by atoms with Crippen LogP contribution in [-0.4, -0.2) is 62.0 Å². The predicted molar refractivity (Wildman–Crippen MR) is 137 cm³/mol. The highest BCUT2D eigenvalue weighted by Gasteiger charge is 2.77. The first kappa shape index (κ1) is 24.6. The van der Waals surface area contributed by atoms with Gasteiger partial charge in [-0.05, 0) is 51.2 Å². The Hall–Kier alpha value is -2.06. The molecule has 3 heterocycles. The molecule has 4 fully saturated rings. The Bertz CT molecular complexity index is 980. The molecule has 190 valence electrons. The Morgan fingerprint density at radius 2 is 1.86 bits per heavy atom. The van der Waals surface area contributed by atoms with Gasteiger partial charge in [0.25, 0.3) is 0 Å². The molecule has 35 heavy (non-hydrogen) atoms. The van der Waals surface area contributed by atoms with Gasteiger partial charge in [0.15, 0.2) is 0 Å². The zero-order valence-electron chi connectivity index (χ0n) is 20.7. The quantitative estimate of drug-likeness (QED) is 0.535. The molecule has 0 aromatic heterocycles. The van der Waals surface area contributed by atoms with Gasteiger partial charge >= 0.3 is 0 Å². The van der Waals surface area contributed by atoms with Gasteiger partial charge in [-0.25, -0.2) is 0 Å². The summed E-state index contributed by atoms with van der Waals surface area (Å²) in [6, 6.07) is 8.36. The standard InChI is InChI=1S/C27H37N3O4S/c1-3-19(16-31)30-22(24(33)29-18-12-8-5-9-13-18)27-15-14-26(2,35-27)20(21(27)25(30)34)23(32)28-17-10-6-4-7-11-17/h4,6-7,10-11,18-22,31H,3,5,8-9,12-16H2,1-2H3,(H,28,32)(H,29,33)/t19-,20-,21-,22?,26+,27?/m0/s1. The Balaban J connectivity index is 1.50. The molecule has 1 saturated carbocycles. The Labute approximate surface area is 211 Å². The maximum atomic E-state index is 14.1. The van der Waals surface area contributed by atoms with Crippen molar-refractivity contribution in [3.63, 3.8) is 0 Å². The minimum Gasteiger partial charge on any atom is -0.394 e. The van der Waals surface area contributed by atoms with Gasteiger partial charge in [-0.1, -0.05) is 44.4 Å². The molecule has 7 nitrogen and oxygen atoms in total. The lowest BCUT2D eigenvalue weighted by Crippen LogP contribution is -2.58. The highest BCUT2D eigenvalue weighted by atomic mass is 32.2. The molecule has 8 heteroatoms. The average molecular weight is 500 g/mol. The van der Waals surface area contributed by atoms with E-state index in [0.29, 0.717) is 12.1 Å². The summed E-state index contributed by atoms with van der Waals surface area (Å²) < 4.78 is -1.05. The summed E-state index contributed by atoms with van der Waals surface area (Å²) in [7, 11) is 0. The van der Waals surface area contributed by atoms with Crippen molar-refractivity contribution < 1.29 is 19.5 Å². The fourth-order valence-corrected chi connectivity index (χ4v) is 9.48. The lowest BCUT2D eigenvalue weighted by Gasteiger charge is -2.38. The third-order valence-electron chi connectivity index (χ3n) is 8.81. The topological polar surface area (TPSA) is 98.7 Å². The number of benzene rings is 1. The van der Waals surface area contributed by atoms with Crippen LogP contribution < -0.4 is 10.6 Å². The van der Waals surface area contributed by atoms with Crippen LogP contribution in [0.2, 0.25) is 0 Å². The number of hydrogen-bond donors (Lipinski definition) is 3. The Kier molecular flexibility index (Phi) is 6.64. The number of aliphatic hydroxyl groups excluding tert-OH is 1. The number of para-hydroxylation sites is 1. The van der Waals surface area contributed by atoms with Gasteiger partial charge in [-0.2, -0.15) is 0 Å². The lowest BCUT2D eigenvalue weighted by molar-refractivity contribution is -0.142. The fraction of sp³-hybridized carbons (Fsp3) is 0.667. The Morgan fingerprint density at radius 3 is 2.51 bits per heavy atom. The molecular formula is C27H37N3O4S. The van der Waals surface area contributed by atoms with Crippen molar-refractivity contribution in [1.29, 1.82) is 0 Å². The van der Waals surface area contributed by atoms with Crippen LogP contribution in [0.25, 0.3) is 0 Å². The number of anilines is 1. The summed E-state index contributed by atoms with van der Waals surface area (Å²) in [6.45, 7) is 3.82. The number of likely N-dealkylation sites (tertiary alicyclic amines) is 1. The Morgan fingerprint density at radius 1 is 1.14 bits per heavy atom. The third kappa shape index (κ3) is 3.97. The first-order valence-electron chi connectivity index (χ1n) is 13.1. The van der Waals surface area contributed by atoms with E-state index >= 15 is 0 Å². The van der Waals surface area contributed by atoms with Crippen molar-refractivity contribution in [2.24, 2.45) is 11.8 Å². The van der Waals surface area contributed by atoms with Crippen LogP contribution >= 0.6 is 11.8 Å². The van der Waals surface area contributed by atoms with E-state index < -0.39 is 33.4 Å². The van der Waals surface area contributed by atoms with E-state index in [4.69, 9.17) is 0 Å². The smallest absolute Gasteiger partial charge is 0.244 e. The molecule has 3 saturated heterocycles. The SMILES string of the molecule is CC[C@@H](CO)N1C(=O)[C@@H]2[C@@H](C(=O)Nc3ccccc3)[C@@]3(C)CCC2(S3)C1C(=O)NC1CCCCC1. The van der Waals surface area contributed by atoms with Crippen LogP contribution in [-0.2, 0) is 14.4 Å². The second-order valence-electron chi connectivity index (χ2n) is 10.9. The van der Waals surface area contributed by atoms with Gasteiger partial charge in [-0.3, -0.25) is 14.4 Å². The number of amides is 3. The van der Waals surface area contributed by atoms with Crippen LogP contribution in [0.3, 0.4) is 0 Å². The zero-order valence-corrected chi connectivity index (χ0v) is 21.5. The van der Waals surface area contributed by atoms with Crippen molar-refractivity contribution in [1.82, 2.24) is 10.2 Å². The van der Waals surface area contributed by atoms with Crippen LogP contribution in [0, 0.1) is 11.8 Å². The highest BCUT2D eigenvalue weighted by Crippen LogP contribution is 2.71. The molecule has 1 aromatic rings. The summed E-state index contributed by atoms with van der Waals surface area (Å²) >= 11 is 1.68. The largest absolute Gasteiger partial charge is 0.394 e. The second-order valence-corrected chi connectivity index (χ2v) is 12.8. The molecule has 3 aliphatic heterocycles. The minimum atomic E-state index is -0.666. The van der Waals surface area contributed by atoms with Gasteiger partial charge in [0.2, 0.25) is 17.7 Å². The molecule has 3 amide bonds. The van der Waals surface area contributed by atoms with Gasteiger partial charge < -0.3 is 20.6 Å². The molecule has 1 spiro atoms. The van der Waals surface area contributed by atoms with Crippen molar-refractivity contribution >= 4 is 35.2 Å². The number of carbonyl (C=O) groups excluding carboxylic acids is 3. The fourth-order valence-electron chi connectivity index (χ4n) is 7.14. The molecule has 2 unspecified atom stereocenters. The number of rotatable bonds is 7. The van der Waals surface area contributed by atoms with Crippen molar-refractivity contribution in [2.75, 3.05) is 11.9 Å². The normalized spacial score (nSPS) is 35.1. The van der Waals surface area contributed by atoms with E-state index in [-0.39, 0.29) is 30.4 Å². The van der Waals surface area contributed by atoms with Crippen LogP contribution in [0.4, 0.5) is 5.69 Å². The number of nitrogens with zero attached hydrogens (tertiary/aromatic N) is 1. The van der Waals surface area contributed by atoms with Crippen molar-refractivity contribution in [3.05, 3.63) is 30.3 Å². The van der Waals surface area contributed by atoms with Crippen LogP contribution in [0.1, 0.15) is 65.2 Å². The van der Waals surface area contributed by atoms with E-state index in [1.807, 2.05) is 37.3 Å². The van der Waals surface area contributed by atoms with Gasteiger partial charge in [0, 0.05) is 16.5 Å². The first-order valence-corrected chi connectivity index (χ1v) is 14.0. The number of nitrogens with one attached hydrogen (secondary N) is 2. The average Bonchev–Trinajstić information content (AvgIpc) is 3.42. The minimum absolute atomic E-state index is 0.111. The van der Waals surface area contributed by atoms with Gasteiger partial charge in [0.1, 0.15) is 6.04 Å². The number of carbonyl (C=O) groups is 3. The van der Waals surface area contributed by atoms with Crippen LogP contribution in [0.15, 0.2) is 30.3 Å². The maximum Gasteiger partial charge on any atom is 0.244 e. The molecule has 6 atom stereocenters. The van der Waals surface area contributed by atoms with Gasteiger partial charge in [-0.15, -0.1) is 11.8 Å². The van der Waals surface area contributed by atoms with E-state index in [1.54, 1.807) is 16.7 Å². The molecule has 1 aliphatic carbocycles. The molecule has 4 aliphatic rings. The monoisotopic (exact) mass is 499 g/mol. The van der Waals surface area contributed by atoms with E-state index in [2.05, 4.69) is 17.6 Å². The first-order chi connectivity index (χ1) is 16.8. The number of aliphatic hydroxyl groups is 1. The zero-order chi connectivity index (χ0) is 24.8. The summed E-state index contributed by atoms with van der Waals surface area (Å²) in [5.41, 5.74) is 0.707. The second kappa shape index (κ2) is 9.43. The highest BCUT2D eigenvalue weighted by molar-refractivity contribution is 8.02. The molecular weight excluding hydrogens is 462 g/mol. The molecule has 2 bridgehead atoms. The van der Waals surface area contributed by atoms with Gasteiger partial charge in [0.05, 0.1) is 29.2 Å². The van der Waals surface area contributed by atoms with Crippen molar-refractivity contribution in [3.8, 4) is 0 Å². The summed E-state index contributed by atoms with van der Waals surface area (Å²) in [5.74, 6) is -1.52.